The van der Waals surface area contributed by atoms with Gasteiger partial charge < -0.3 is 10.5 Å². The predicted octanol–water partition coefficient (Wildman–Crippen LogP) is 0.601. The zero-order chi connectivity index (χ0) is 20.8. The molecule has 0 saturated carbocycles. The fraction of sp³-hybridized carbons (Fsp3) is 0.556. The first-order chi connectivity index (χ1) is 13.2. The molecule has 1 atom stereocenters. The number of sulfonamides is 1. The molecule has 1 unspecified atom stereocenters. The van der Waals surface area contributed by atoms with Crippen LogP contribution in [0.25, 0.3) is 0 Å². The molecule has 156 valence electrons. The predicted molar refractivity (Wildman–Crippen MR) is 104 cm³/mol. The second-order valence-corrected chi connectivity index (χ2v) is 8.78. The lowest BCUT2D eigenvalue weighted by molar-refractivity contribution is -0.158. The van der Waals surface area contributed by atoms with Gasteiger partial charge in [0.25, 0.3) is 10.0 Å². The van der Waals surface area contributed by atoms with E-state index < -0.39 is 21.8 Å². The minimum Gasteiger partial charge on any atom is -0.418 e. The van der Waals surface area contributed by atoms with E-state index in [0.29, 0.717) is 13.1 Å². The van der Waals surface area contributed by atoms with Crippen LogP contribution in [0.4, 0.5) is 4.79 Å². The Labute approximate surface area is 165 Å². The molecule has 4 N–H and O–H groups in total. The minimum absolute atomic E-state index is 0.0708. The average Bonchev–Trinajstić information content (AvgIpc) is 3.21. The van der Waals surface area contributed by atoms with Gasteiger partial charge >= 0.3 is 6.09 Å². The Kier molecular flexibility index (Phi) is 7.53. The number of benzene rings is 1. The van der Waals surface area contributed by atoms with Crippen molar-refractivity contribution in [1.82, 2.24) is 9.31 Å². The summed E-state index contributed by atoms with van der Waals surface area (Å²) in [4.78, 5) is 27.1. The second-order valence-electron chi connectivity index (χ2n) is 6.82. The summed E-state index contributed by atoms with van der Waals surface area (Å²) in [5.74, 6) is 4.76. The monoisotopic (exact) mass is 412 g/mol. The van der Waals surface area contributed by atoms with Gasteiger partial charge in [0.1, 0.15) is 0 Å². The fourth-order valence-electron chi connectivity index (χ4n) is 3.25. The lowest BCUT2D eigenvalue weighted by Crippen LogP contribution is -2.60. The molecule has 1 amide bonds. The molecule has 1 fully saturated rings. The highest BCUT2D eigenvalue weighted by molar-refractivity contribution is 7.89. The van der Waals surface area contributed by atoms with Crippen molar-refractivity contribution in [3.8, 4) is 0 Å². The summed E-state index contributed by atoms with van der Waals surface area (Å²) >= 11 is 0. The van der Waals surface area contributed by atoms with Crippen molar-refractivity contribution >= 4 is 21.9 Å². The van der Waals surface area contributed by atoms with Crippen LogP contribution in [0.15, 0.2) is 30.3 Å². The van der Waals surface area contributed by atoms with E-state index in [2.05, 4.69) is 0 Å². The molecule has 1 aromatic rings. The number of carbonyl (C=O) groups excluding carboxylic acids is 2. The molecule has 1 heterocycles. The number of hydrazine groups is 1. The van der Waals surface area contributed by atoms with E-state index in [4.69, 9.17) is 16.3 Å². The lowest BCUT2D eigenvalue weighted by Gasteiger charge is -2.39. The van der Waals surface area contributed by atoms with Crippen LogP contribution in [0.2, 0.25) is 0 Å². The van der Waals surface area contributed by atoms with Crippen molar-refractivity contribution in [1.29, 1.82) is 0 Å². The van der Waals surface area contributed by atoms with Gasteiger partial charge in [-0.25, -0.2) is 19.1 Å². The highest BCUT2D eigenvalue weighted by Gasteiger charge is 2.48. The third kappa shape index (κ3) is 5.07. The largest absolute Gasteiger partial charge is 0.440 e. The van der Waals surface area contributed by atoms with Gasteiger partial charge in [0.2, 0.25) is 5.72 Å². The average molecular weight is 413 g/mol. The molecule has 2 rings (SSSR count). The Bertz CT molecular complexity index is 780. The Morgan fingerprint density at radius 1 is 1.21 bits per heavy atom. The van der Waals surface area contributed by atoms with Crippen LogP contribution in [0.5, 0.6) is 0 Å². The molecule has 1 aromatic carbocycles. The summed E-state index contributed by atoms with van der Waals surface area (Å²) in [5.41, 5.74) is 4.50. The third-order valence-electron chi connectivity index (χ3n) is 4.80. The number of nitrogens with zero attached hydrogens (tertiary/aromatic N) is 2. The van der Waals surface area contributed by atoms with E-state index in [9.17, 15) is 18.0 Å². The van der Waals surface area contributed by atoms with Gasteiger partial charge in [-0.15, -0.1) is 4.41 Å². The van der Waals surface area contributed by atoms with E-state index >= 15 is 0 Å². The number of ether oxygens (including phenoxy) is 1. The molecular weight excluding hydrogens is 384 g/mol. The number of nitrogens with two attached hydrogens (primary N) is 2. The van der Waals surface area contributed by atoms with Crippen LogP contribution in [0.3, 0.4) is 0 Å². The van der Waals surface area contributed by atoms with Gasteiger partial charge in [-0.2, -0.15) is 0 Å². The number of Topliss-reactive ketones (excluding diaryl/α,β-unsaturated/α-hetero) is 1. The normalized spacial score (nSPS) is 17.1. The summed E-state index contributed by atoms with van der Waals surface area (Å²) in [5, 5.41) is 0. The highest BCUT2D eigenvalue weighted by atomic mass is 32.2. The first-order valence-corrected chi connectivity index (χ1v) is 10.8. The van der Waals surface area contributed by atoms with Gasteiger partial charge in [-0.1, -0.05) is 30.3 Å². The SMILES string of the molecule is CC(=O)C(Cc1ccccc1)(OC(=O)N(N)S(=O)(=O)CCCN)N1CCCC1. The van der Waals surface area contributed by atoms with Crippen LogP contribution in [0, 0.1) is 0 Å². The third-order valence-corrected chi connectivity index (χ3v) is 6.35. The Balaban J connectivity index is 2.33. The number of carbonyl (C=O) groups is 2. The molecule has 0 aromatic heterocycles. The molecule has 0 radical (unpaired) electrons. The number of amides is 1. The lowest BCUT2D eigenvalue weighted by atomic mass is 9.97. The summed E-state index contributed by atoms with van der Waals surface area (Å²) in [7, 11) is -4.09. The molecule has 1 aliphatic heterocycles. The summed E-state index contributed by atoms with van der Waals surface area (Å²) in [6.07, 6.45) is 0.670. The van der Waals surface area contributed by atoms with Crippen LogP contribution in [0.1, 0.15) is 31.7 Å². The maximum atomic E-state index is 12.7. The molecule has 0 aliphatic carbocycles. The molecular formula is C18H28N4O5S. The van der Waals surface area contributed by atoms with E-state index in [1.54, 1.807) is 4.90 Å². The van der Waals surface area contributed by atoms with Crippen molar-refractivity contribution in [3.63, 3.8) is 0 Å². The van der Waals surface area contributed by atoms with Crippen molar-refractivity contribution in [2.75, 3.05) is 25.4 Å². The summed E-state index contributed by atoms with van der Waals surface area (Å²) in [6.45, 7) is 2.59. The molecule has 1 saturated heterocycles. The number of ketones is 1. The minimum atomic E-state index is -4.09. The quantitative estimate of drug-likeness (QED) is 0.342. The Hall–Kier alpha value is -2.01. The first kappa shape index (κ1) is 22.3. The van der Waals surface area contributed by atoms with Crippen LogP contribution in [-0.4, -0.2) is 60.7 Å². The van der Waals surface area contributed by atoms with Gasteiger partial charge in [-0.3, -0.25) is 9.69 Å². The first-order valence-electron chi connectivity index (χ1n) is 9.23. The maximum absolute atomic E-state index is 12.7. The number of hydrogen-bond donors (Lipinski definition) is 2. The number of likely N-dealkylation sites (tertiary alicyclic amines) is 1. The van der Waals surface area contributed by atoms with E-state index in [-0.39, 0.29) is 35.3 Å². The molecule has 1 aliphatic rings. The van der Waals surface area contributed by atoms with Crippen LogP contribution < -0.4 is 11.6 Å². The topological polar surface area (TPSA) is 136 Å². The Morgan fingerprint density at radius 2 is 1.82 bits per heavy atom. The van der Waals surface area contributed by atoms with Crippen molar-refractivity contribution in [2.45, 2.75) is 38.3 Å². The van der Waals surface area contributed by atoms with Gasteiger partial charge in [0, 0.05) is 26.4 Å². The van der Waals surface area contributed by atoms with Gasteiger partial charge in [0.05, 0.1) is 5.75 Å². The maximum Gasteiger partial charge on any atom is 0.440 e. The molecule has 0 bridgehead atoms. The van der Waals surface area contributed by atoms with Crippen LogP contribution in [-0.2, 0) is 26.0 Å². The molecule has 9 nitrogen and oxygen atoms in total. The van der Waals surface area contributed by atoms with Crippen LogP contribution >= 0.6 is 0 Å². The van der Waals surface area contributed by atoms with Crippen molar-refractivity contribution in [3.05, 3.63) is 35.9 Å². The Morgan fingerprint density at radius 3 is 2.36 bits per heavy atom. The summed E-state index contributed by atoms with van der Waals surface area (Å²) in [6, 6.07) is 9.11. The van der Waals surface area contributed by atoms with Crippen molar-refractivity contribution < 1.29 is 22.7 Å². The van der Waals surface area contributed by atoms with Crippen molar-refractivity contribution in [2.24, 2.45) is 11.6 Å². The summed E-state index contributed by atoms with van der Waals surface area (Å²) < 4.78 is 30.0. The van der Waals surface area contributed by atoms with E-state index in [1.807, 2.05) is 30.3 Å². The smallest absolute Gasteiger partial charge is 0.418 e. The van der Waals surface area contributed by atoms with E-state index in [0.717, 1.165) is 18.4 Å². The fourth-order valence-corrected chi connectivity index (χ4v) is 4.24. The molecule has 28 heavy (non-hydrogen) atoms. The zero-order valence-electron chi connectivity index (χ0n) is 16.0. The van der Waals surface area contributed by atoms with E-state index in [1.165, 1.54) is 6.92 Å². The van der Waals surface area contributed by atoms with Gasteiger partial charge in [-0.05, 0) is 31.4 Å². The number of hydrogen-bond acceptors (Lipinski definition) is 8. The second kappa shape index (κ2) is 9.46. The highest BCUT2D eigenvalue weighted by Crippen LogP contribution is 2.29. The zero-order valence-corrected chi connectivity index (χ0v) is 16.9. The standard InChI is InChI=1S/C18H28N4O5S/c1-15(23)18(21-11-5-6-12-21,14-16-8-3-2-4-9-16)27-17(24)22(20)28(25,26)13-7-10-19/h2-4,8-9H,5-7,10-14,19-20H2,1H3. The van der Waals surface area contributed by atoms with Gasteiger partial charge in [0.15, 0.2) is 5.78 Å². The molecule has 0 spiro atoms. The number of rotatable bonds is 9. The molecule has 10 heteroatoms.